The minimum Gasteiger partial charge on any atom is -0.463 e. The lowest BCUT2D eigenvalue weighted by molar-refractivity contribution is 0.0986. The number of sulfonamides is 1. The molecule has 0 saturated heterocycles. The zero-order valence-corrected chi connectivity index (χ0v) is 21.3. The van der Waals surface area contributed by atoms with Gasteiger partial charge in [0.15, 0.2) is 5.76 Å². The molecule has 0 unspecified atom stereocenters. The van der Waals surface area contributed by atoms with E-state index >= 15 is 0 Å². The van der Waals surface area contributed by atoms with Gasteiger partial charge in [-0.25, -0.2) is 13.4 Å². The Kier molecular flexibility index (Phi) is 5.73. The van der Waals surface area contributed by atoms with Gasteiger partial charge in [-0.15, -0.1) is 10.2 Å². The Bertz CT molecular complexity index is 1750. The van der Waals surface area contributed by atoms with Gasteiger partial charge in [-0.1, -0.05) is 29.5 Å². The van der Waals surface area contributed by atoms with Gasteiger partial charge in [-0.3, -0.25) is 9.52 Å². The maximum Gasteiger partial charge on any atom is 0.263 e. The van der Waals surface area contributed by atoms with Crippen molar-refractivity contribution in [2.75, 3.05) is 16.2 Å². The van der Waals surface area contributed by atoms with Crippen LogP contribution in [0.1, 0.15) is 27.3 Å². The summed E-state index contributed by atoms with van der Waals surface area (Å²) < 4.78 is 33.9. The Hall–Kier alpha value is -4.09. The van der Waals surface area contributed by atoms with Crippen molar-refractivity contribution in [2.45, 2.75) is 24.7 Å². The number of pyridine rings is 1. The summed E-state index contributed by atoms with van der Waals surface area (Å²) >= 11 is 1.16. The minimum atomic E-state index is -3.85. The molecule has 1 amide bonds. The van der Waals surface area contributed by atoms with Gasteiger partial charge < -0.3 is 9.32 Å². The lowest BCUT2D eigenvalue weighted by atomic mass is 9.99. The number of hydrogen-bond acceptors (Lipinski definition) is 8. The van der Waals surface area contributed by atoms with Crippen molar-refractivity contribution < 1.29 is 17.6 Å². The van der Waals surface area contributed by atoms with Gasteiger partial charge in [0.05, 0.1) is 22.2 Å². The van der Waals surface area contributed by atoms with Gasteiger partial charge in [-0.05, 0) is 67.8 Å². The highest BCUT2D eigenvalue weighted by molar-refractivity contribution is 7.93. The second-order valence-electron chi connectivity index (χ2n) is 8.63. The summed E-state index contributed by atoms with van der Waals surface area (Å²) in [4.78, 5) is 20.5. The third-order valence-electron chi connectivity index (χ3n) is 6.19. The van der Waals surface area contributed by atoms with Gasteiger partial charge >= 0.3 is 0 Å². The van der Waals surface area contributed by atoms with E-state index < -0.39 is 10.0 Å². The number of rotatable bonds is 5. The molecule has 0 spiro atoms. The van der Waals surface area contributed by atoms with Crippen molar-refractivity contribution in [3.8, 4) is 11.5 Å². The summed E-state index contributed by atoms with van der Waals surface area (Å²) in [6, 6.07) is 17.7. The molecule has 1 N–H and O–H groups in total. The highest BCUT2D eigenvalue weighted by atomic mass is 32.2. The molecule has 11 heteroatoms. The fourth-order valence-corrected chi connectivity index (χ4v) is 6.38. The van der Waals surface area contributed by atoms with Gasteiger partial charge in [-0.2, -0.15) is 0 Å². The van der Waals surface area contributed by atoms with E-state index in [-0.39, 0.29) is 15.9 Å². The molecule has 0 radical (unpaired) electrons. The van der Waals surface area contributed by atoms with Crippen LogP contribution < -0.4 is 9.62 Å². The van der Waals surface area contributed by atoms with Crippen LogP contribution in [0.5, 0.6) is 0 Å². The van der Waals surface area contributed by atoms with Crippen LogP contribution in [0, 0.1) is 6.92 Å². The predicted octanol–water partition coefficient (Wildman–Crippen LogP) is 5.05. The second-order valence-corrected chi connectivity index (χ2v) is 11.5. The van der Waals surface area contributed by atoms with Gasteiger partial charge in [0.25, 0.3) is 15.9 Å². The zero-order valence-electron chi connectivity index (χ0n) is 19.7. The molecular formula is C26H21N5O4S2. The number of aryl methyl sites for hydroxylation is 2. The number of aromatic nitrogens is 3. The molecule has 9 nitrogen and oxygen atoms in total. The van der Waals surface area contributed by atoms with Gasteiger partial charge in [0, 0.05) is 17.6 Å². The second kappa shape index (κ2) is 9.09. The molecule has 0 aliphatic carbocycles. The molecule has 3 aromatic heterocycles. The quantitative estimate of drug-likeness (QED) is 0.337. The Balaban J connectivity index is 1.37. The zero-order chi connectivity index (χ0) is 25.6. The summed E-state index contributed by atoms with van der Waals surface area (Å²) in [5.41, 5.74) is 3.26. The average Bonchev–Trinajstić information content (AvgIpc) is 3.59. The molecule has 4 heterocycles. The number of nitrogens with zero attached hydrogens (tertiary/aromatic N) is 4. The summed E-state index contributed by atoms with van der Waals surface area (Å²) in [6.07, 6.45) is 2.94. The Labute approximate surface area is 216 Å². The van der Waals surface area contributed by atoms with Gasteiger partial charge in [0.1, 0.15) is 10.7 Å². The van der Waals surface area contributed by atoms with E-state index in [1.54, 1.807) is 48.4 Å². The van der Waals surface area contributed by atoms with Crippen LogP contribution in [0.15, 0.2) is 76.2 Å². The topological polar surface area (TPSA) is 118 Å². The van der Waals surface area contributed by atoms with E-state index in [1.165, 1.54) is 6.07 Å². The first-order valence-corrected chi connectivity index (χ1v) is 13.9. The van der Waals surface area contributed by atoms with E-state index in [1.807, 2.05) is 24.3 Å². The number of carbonyl (C=O) groups excluding carboxylic acids is 1. The highest BCUT2D eigenvalue weighted by Gasteiger charge is 2.28. The SMILES string of the molecule is Cc1nnc(NS(=O)(=O)c2ccc3c(c2)CCCN3C(=O)c2cc(-c3ccco3)nc3ccccc23)s1. The van der Waals surface area contributed by atoms with Crippen LogP contribution in [0.4, 0.5) is 10.8 Å². The van der Waals surface area contributed by atoms with Crippen molar-refractivity contribution in [1.29, 1.82) is 0 Å². The lowest BCUT2D eigenvalue weighted by Crippen LogP contribution is -2.35. The normalized spacial score (nSPS) is 13.5. The molecule has 186 valence electrons. The van der Waals surface area contributed by atoms with Crippen LogP contribution in [0.2, 0.25) is 0 Å². The summed E-state index contributed by atoms with van der Waals surface area (Å²) in [5, 5.41) is 9.32. The fraction of sp³-hybridized carbons (Fsp3) is 0.154. The highest BCUT2D eigenvalue weighted by Crippen LogP contribution is 2.33. The van der Waals surface area contributed by atoms with Crippen molar-refractivity contribution in [1.82, 2.24) is 15.2 Å². The number of amides is 1. The van der Waals surface area contributed by atoms with Crippen molar-refractivity contribution >= 4 is 49.0 Å². The number of carbonyl (C=O) groups is 1. The van der Waals surface area contributed by atoms with E-state index in [2.05, 4.69) is 19.9 Å². The standard InChI is InChI=1S/C26H21N5O4S2/c1-16-28-29-26(36-16)30-37(33,34)18-10-11-23-17(14-18)6-4-12-31(23)25(32)20-15-22(24-9-5-13-35-24)27-21-8-3-2-7-19(20)21/h2-3,5,7-11,13-15H,4,6,12H2,1H3,(H,29,30). The number of benzene rings is 2. The number of nitrogens with one attached hydrogen (secondary N) is 1. The van der Waals surface area contributed by atoms with E-state index in [9.17, 15) is 13.2 Å². The third kappa shape index (κ3) is 4.36. The molecule has 0 atom stereocenters. The molecule has 37 heavy (non-hydrogen) atoms. The van der Waals surface area contributed by atoms with Gasteiger partial charge in [0.2, 0.25) is 5.13 Å². The minimum absolute atomic E-state index is 0.114. The third-order valence-corrected chi connectivity index (χ3v) is 8.41. The summed E-state index contributed by atoms with van der Waals surface area (Å²) in [6.45, 7) is 2.27. The fourth-order valence-electron chi connectivity index (χ4n) is 4.51. The largest absolute Gasteiger partial charge is 0.463 e. The van der Waals surface area contributed by atoms with E-state index in [0.717, 1.165) is 22.3 Å². The van der Waals surface area contributed by atoms with Crippen LogP contribution in [0.3, 0.4) is 0 Å². The van der Waals surface area contributed by atoms with E-state index in [4.69, 9.17) is 4.42 Å². The predicted molar refractivity (Wildman–Crippen MR) is 141 cm³/mol. The Morgan fingerprint density at radius 3 is 2.73 bits per heavy atom. The van der Waals surface area contributed by atoms with Crippen LogP contribution in [0.25, 0.3) is 22.4 Å². The summed E-state index contributed by atoms with van der Waals surface area (Å²) in [7, 11) is -3.85. The lowest BCUT2D eigenvalue weighted by Gasteiger charge is -2.30. The smallest absolute Gasteiger partial charge is 0.263 e. The summed E-state index contributed by atoms with van der Waals surface area (Å²) in [5.74, 6) is 0.400. The van der Waals surface area contributed by atoms with Crippen LogP contribution >= 0.6 is 11.3 Å². The number of hydrogen-bond donors (Lipinski definition) is 1. The number of para-hydroxylation sites is 1. The molecule has 0 bridgehead atoms. The molecule has 2 aromatic carbocycles. The first kappa shape index (κ1) is 23.3. The molecular weight excluding hydrogens is 510 g/mol. The average molecular weight is 532 g/mol. The first-order chi connectivity index (χ1) is 17.9. The van der Waals surface area contributed by atoms with Crippen LogP contribution in [-0.4, -0.2) is 36.1 Å². The molecule has 0 saturated carbocycles. The molecule has 0 fully saturated rings. The Morgan fingerprint density at radius 2 is 1.95 bits per heavy atom. The van der Waals surface area contributed by atoms with Crippen molar-refractivity contribution in [3.63, 3.8) is 0 Å². The Morgan fingerprint density at radius 1 is 1.08 bits per heavy atom. The molecule has 1 aliphatic rings. The number of anilines is 2. The van der Waals surface area contributed by atoms with Crippen LogP contribution in [-0.2, 0) is 16.4 Å². The molecule has 5 aromatic rings. The first-order valence-electron chi connectivity index (χ1n) is 11.6. The number of fused-ring (bicyclic) bond motifs is 2. The number of furan rings is 1. The molecule has 6 rings (SSSR count). The maximum atomic E-state index is 13.9. The van der Waals surface area contributed by atoms with Crippen molar-refractivity contribution in [2.24, 2.45) is 0 Å². The monoisotopic (exact) mass is 531 g/mol. The van der Waals surface area contributed by atoms with Crippen molar-refractivity contribution in [3.05, 3.63) is 83.1 Å². The molecule has 1 aliphatic heterocycles. The maximum absolute atomic E-state index is 13.9. The van der Waals surface area contributed by atoms with E-state index in [0.29, 0.717) is 52.6 Å².